The van der Waals surface area contributed by atoms with Gasteiger partial charge in [-0.1, -0.05) is 13.0 Å². The minimum Gasteiger partial charge on any atom is -0.298 e. The summed E-state index contributed by atoms with van der Waals surface area (Å²) in [6, 6.07) is 4.91. The molecule has 3 nitrogen and oxygen atoms in total. The van der Waals surface area contributed by atoms with Gasteiger partial charge in [-0.15, -0.1) is 0 Å². The summed E-state index contributed by atoms with van der Waals surface area (Å²) in [5.41, 5.74) is 1.32. The van der Waals surface area contributed by atoms with Crippen LogP contribution < -0.4 is 0 Å². The number of aromatic nitrogens is 1. The van der Waals surface area contributed by atoms with Gasteiger partial charge in [-0.2, -0.15) is 0 Å². The summed E-state index contributed by atoms with van der Waals surface area (Å²) in [5, 5.41) is 0. The van der Waals surface area contributed by atoms with Crippen molar-refractivity contribution in [3.8, 4) is 0 Å². The number of rotatable bonds is 4. The second kappa shape index (κ2) is 6.12. The van der Waals surface area contributed by atoms with Crippen LogP contribution in [-0.2, 0) is 6.54 Å². The standard InChI is InChI=1S/C14H23N3/c1-3-13(2)17-9-7-16(8-10-17)12-14-5-4-6-15-11-14/h4-6,11,13H,3,7-10,12H2,1-2H3/t13-/m1/s1. The third-order valence-electron chi connectivity index (χ3n) is 3.75. The highest BCUT2D eigenvalue weighted by molar-refractivity contribution is 5.08. The monoisotopic (exact) mass is 233 g/mol. The van der Waals surface area contributed by atoms with Crippen LogP contribution in [0, 0.1) is 0 Å². The van der Waals surface area contributed by atoms with E-state index in [1.54, 1.807) is 0 Å². The first-order valence-electron chi connectivity index (χ1n) is 6.65. The van der Waals surface area contributed by atoms with Crippen molar-refractivity contribution in [1.82, 2.24) is 14.8 Å². The predicted octanol–water partition coefficient (Wildman–Crippen LogP) is 2.00. The van der Waals surface area contributed by atoms with Crippen molar-refractivity contribution >= 4 is 0 Å². The lowest BCUT2D eigenvalue weighted by Crippen LogP contribution is -2.48. The predicted molar refractivity (Wildman–Crippen MR) is 70.8 cm³/mol. The molecule has 0 N–H and O–H groups in total. The Labute approximate surface area is 104 Å². The third-order valence-corrected chi connectivity index (χ3v) is 3.75. The molecule has 1 atom stereocenters. The molecule has 0 aromatic carbocycles. The maximum atomic E-state index is 4.17. The second-order valence-electron chi connectivity index (χ2n) is 4.93. The van der Waals surface area contributed by atoms with E-state index in [0.717, 1.165) is 12.6 Å². The van der Waals surface area contributed by atoms with Crippen molar-refractivity contribution in [2.45, 2.75) is 32.9 Å². The smallest absolute Gasteiger partial charge is 0.0312 e. The number of nitrogens with zero attached hydrogens (tertiary/aromatic N) is 3. The Balaban J connectivity index is 1.80. The van der Waals surface area contributed by atoms with Crippen molar-refractivity contribution < 1.29 is 0 Å². The SMILES string of the molecule is CC[C@@H](C)N1CCN(Cc2cccnc2)CC1. The van der Waals surface area contributed by atoms with E-state index < -0.39 is 0 Å². The maximum Gasteiger partial charge on any atom is 0.0312 e. The molecule has 1 aromatic rings. The first kappa shape index (κ1) is 12.5. The molecule has 0 radical (unpaired) electrons. The average molecular weight is 233 g/mol. The van der Waals surface area contributed by atoms with Crippen LogP contribution in [0.3, 0.4) is 0 Å². The summed E-state index contributed by atoms with van der Waals surface area (Å²) in [7, 11) is 0. The topological polar surface area (TPSA) is 19.4 Å². The third kappa shape index (κ3) is 3.51. The first-order valence-corrected chi connectivity index (χ1v) is 6.65. The molecule has 2 rings (SSSR count). The minimum atomic E-state index is 0.732. The van der Waals surface area contributed by atoms with E-state index in [4.69, 9.17) is 0 Å². The molecule has 0 aliphatic carbocycles. The molecule has 0 saturated carbocycles. The van der Waals surface area contributed by atoms with Crippen molar-refractivity contribution in [3.05, 3.63) is 30.1 Å². The van der Waals surface area contributed by atoms with E-state index in [1.807, 2.05) is 18.5 Å². The largest absolute Gasteiger partial charge is 0.298 e. The lowest BCUT2D eigenvalue weighted by Gasteiger charge is -2.37. The van der Waals surface area contributed by atoms with Gasteiger partial charge in [-0.3, -0.25) is 14.8 Å². The summed E-state index contributed by atoms with van der Waals surface area (Å²) in [5.74, 6) is 0. The summed E-state index contributed by atoms with van der Waals surface area (Å²) >= 11 is 0. The molecule has 1 aliphatic heterocycles. The Morgan fingerprint density at radius 3 is 2.65 bits per heavy atom. The summed E-state index contributed by atoms with van der Waals surface area (Å²) < 4.78 is 0. The van der Waals surface area contributed by atoms with Crippen molar-refractivity contribution in [2.75, 3.05) is 26.2 Å². The molecule has 0 unspecified atom stereocenters. The van der Waals surface area contributed by atoms with E-state index in [2.05, 4.69) is 34.7 Å². The zero-order chi connectivity index (χ0) is 12.1. The van der Waals surface area contributed by atoms with Gasteiger partial charge < -0.3 is 0 Å². The van der Waals surface area contributed by atoms with E-state index in [9.17, 15) is 0 Å². The molecule has 3 heteroatoms. The van der Waals surface area contributed by atoms with Gasteiger partial charge in [0.1, 0.15) is 0 Å². The molecule has 0 amide bonds. The van der Waals surface area contributed by atoms with Gasteiger partial charge in [0.2, 0.25) is 0 Å². The van der Waals surface area contributed by atoms with Crippen LogP contribution in [0.25, 0.3) is 0 Å². The Kier molecular flexibility index (Phi) is 4.51. The number of piperazine rings is 1. The van der Waals surface area contributed by atoms with Crippen LogP contribution in [0.5, 0.6) is 0 Å². The van der Waals surface area contributed by atoms with Crippen LogP contribution in [0.2, 0.25) is 0 Å². The van der Waals surface area contributed by atoms with Gasteiger partial charge >= 0.3 is 0 Å². The van der Waals surface area contributed by atoms with E-state index >= 15 is 0 Å². The fourth-order valence-electron chi connectivity index (χ4n) is 2.37. The lowest BCUT2D eigenvalue weighted by molar-refractivity contribution is 0.0963. The molecule has 0 spiro atoms. The van der Waals surface area contributed by atoms with E-state index in [1.165, 1.54) is 38.2 Å². The summed E-state index contributed by atoms with van der Waals surface area (Å²) in [4.78, 5) is 9.29. The fourth-order valence-corrected chi connectivity index (χ4v) is 2.37. The van der Waals surface area contributed by atoms with Gasteiger partial charge in [0.15, 0.2) is 0 Å². The molecule has 1 saturated heterocycles. The highest BCUT2D eigenvalue weighted by atomic mass is 15.3. The zero-order valence-electron chi connectivity index (χ0n) is 11.0. The zero-order valence-corrected chi connectivity index (χ0v) is 11.0. The molecule has 0 bridgehead atoms. The highest BCUT2D eigenvalue weighted by Gasteiger charge is 2.19. The van der Waals surface area contributed by atoms with Gasteiger partial charge in [0.05, 0.1) is 0 Å². The Morgan fingerprint density at radius 2 is 2.06 bits per heavy atom. The molecule has 1 aliphatic rings. The van der Waals surface area contributed by atoms with Crippen molar-refractivity contribution in [2.24, 2.45) is 0 Å². The first-order chi connectivity index (χ1) is 8.29. The van der Waals surface area contributed by atoms with E-state index in [0.29, 0.717) is 0 Å². The van der Waals surface area contributed by atoms with Gasteiger partial charge in [-0.05, 0) is 25.0 Å². The molecule has 1 fully saturated rings. The Hall–Kier alpha value is -0.930. The molecule has 1 aromatic heterocycles. The molecule has 94 valence electrons. The number of hydrogen-bond donors (Lipinski definition) is 0. The number of hydrogen-bond acceptors (Lipinski definition) is 3. The maximum absolute atomic E-state index is 4.17. The van der Waals surface area contributed by atoms with Crippen LogP contribution >= 0.6 is 0 Å². The van der Waals surface area contributed by atoms with E-state index in [-0.39, 0.29) is 0 Å². The summed E-state index contributed by atoms with van der Waals surface area (Å²) in [6.07, 6.45) is 5.06. The quantitative estimate of drug-likeness (QED) is 0.793. The second-order valence-corrected chi connectivity index (χ2v) is 4.93. The molecule has 2 heterocycles. The van der Waals surface area contributed by atoms with Crippen LogP contribution in [-0.4, -0.2) is 47.0 Å². The van der Waals surface area contributed by atoms with Gasteiger partial charge in [-0.25, -0.2) is 0 Å². The molecular formula is C14H23N3. The van der Waals surface area contributed by atoms with Gasteiger partial charge in [0.25, 0.3) is 0 Å². The fraction of sp³-hybridized carbons (Fsp3) is 0.643. The van der Waals surface area contributed by atoms with Crippen molar-refractivity contribution in [1.29, 1.82) is 0 Å². The van der Waals surface area contributed by atoms with Crippen LogP contribution in [0.1, 0.15) is 25.8 Å². The highest BCUT2D eigenvalue weighted by Crippen LogP contribution is 2.11. The molecule has 17 heavy (non-hydrogen) atoms. The average Bonchev–Trinajstić information content (AvgIpc) is 2.40. The van der Waals surface area contributed by atoms with Crippen LogP contribution in [0.4, 0.5) is 0 Å². The Morgan fingerprint density at radius 1 is 1.29 bits per heavy atom. The number of pyridine rings is 1. The minimum absolute atomic E-state index is 0.732. The lowest BCUT2D eigenvalue weighted by atomic mass is 10.2. The van der Waals surface area contributed by atoms with Gasteiger partial charge in [0, 0.05) is 51.2 Å². The Bertz CT molecular complexity index is 317. The molecular weight excluding hydrogens is 210 g/mol. The summed E-state index contributed by atoms with van der Waals surface area (Å²) in [6.45, 7) is 10.4. The van der Waals surface area contributed by atoms with Crippen molar-refractivity contribution in [3.63, 3.8) is 0 Å². The van der Waals surface area contributed by atoms with Crippen LogP contribution in [0.15, 0.2) is 24.5 Å². The normalized spacial score (nSPS) is 20.4.